The van der Waals surface area contributed by atoms with Gasteiger partial charge in [-0.05, 0) is 25.0 Å². The van der Waals surface area contributed by atoms with E-state index in [0.717, 1.165) is 19.3 Å². The van der Waals surface area contributed by atoms with Gasteiger partial charge in [0.2, 0.25) is 0 Å². The van der Waals surface area contributed by atoms with Crippen LogP contribution in [0.1, 0.15) is 29.6 Å². The Morgan fingerprint density at radius 3 is 3.00 bits per heavy atom. The molecular weight excluding hydrogens is 244 g/mol. The average Bonchev–Trinajstić information content (AvgIpc) is 2.85. The molecule has 0 spiro atoms. The van der Waals surface area contributed by atoms with E-state index in [1.807, 2.05) is 0 Å². The molecule has 0 radical (unpaired) electrons. The third-order valence-corrected chi connectivity index (χ3v) is 3.72. The highest BCUT2D eigenvalue weighted by Gasteiger charge is 2.29. The fourth-order valence-corrected chi connectivity index (χ4v) is 2.65. The zero-order valence-electron chi connectivity index (χ0n) is 11.1. The van der Waals surface area contributed by atoms with Gasteiger partial charge in [-0.2, -0.15) is 0 Å². The van der Waals surface area contributed by atoms with E-state index in [2.05, 4.69) is 5.32 Å². The number of nitrogen functional groups attached to an aromatic ring is 1. The third kappa shape index (κ3) is 2.81. The normalized spacial score (nSPS) is 22.2. The number of amides is 1. The number of aliphatic hydroxyl groups excluding tert-OH is 1. The maximum Gasteiger partial charge on any atom is 0.257 e. The maximum atomic E-state index is 12.3. The molecule has 1 amide bonds. The highest BCUT2D eigenvalue weighted by atomic mass is 16.5. The molecule has 5 heteroatoms. The second-order valence-electron chi connectivity index (χ2n) is 4.88. The summed E-state index contributed by atoms with van der Waals surface area (Å²) in [4.78, 5) is 12.3. The lowest BCUT2D eigenvalue weighted by atomic mass is 10.0. The first-order chi connectivity index (χ1) is 9.17. The predicted molar refractivity (Wildman–Crippen MR) is 73.1 cm³/mol. The first-order valence-electron chi connectivity index (χ1n) is 6.51. The molecule has 1 aliphatic rings. The fourth-order valence-electron chi connectivity index (χ4n) is 2.65. The summed E-state index contributed by atoms with van der Waals surface area (Å²) in [5.74, 6) is 0.372. The molecular formula is C14H20N2O3. The molecule has 1 aromatic carbocycles. The van der Waals surface area contributed by atoms with Crippen molar-refractivity contribution >= 4 is 11.6 Å². The molecule has 1 aromatic rings. The van der Waals surface area contributed by atoms with Crippen LogP contribution in [-0.4, -0.2) is 30.8 Å². The Balaban J connectivity index is 2.16. The minimum absolute atomic E-state index is 0.0156. The van der Waals surface area contributed by atoms with Gasteiger partial charge in [0, 0.05) is 24.3 Å². The number of ether oxygens (including phenoxy) is 1. The Kier molecular flexibility index (Phi) is 4.27. The van der Waals surface area contributed by atoms with E-state index in [-0.39, 0.29) is 24.5 Å². The number of carbonyl (C=O) groups excluding carboxylic acids is 1. The second-order valence-corrected chi connectivity index (χ2v) is 4.88. The first-order valence-corrected chi connectivity index (χ1v) is 6.51. The van der Waals surface area contributed by atoms with Gasteiger partial charge in [0.25, 0.3) is 5.91 Å². The van der Waals surface area contributed by atoms with Crippen LogP contribution in [-0.2, 0) is 0 Å². The molecule has 2 atom stereocenters. The summed E-state index contributed by atoms with van der Waals surface area (Å²) < 4.78 is 5.17. The monoisotopic (exact) mass is 264 g/mol. The Morgan fingerprint density at radius 1 is 1.53 bits per heavy atom. The van der Waals surface area contributed by atoms with Crippen LogP contribution in [0.5, 0.6) is 5.75 Å². The smallest absolute Gasteiger partial charge is 0.257 e. The number of methoxy groups -OCH3 is 1. The van der Waals surface area contributed by atoms with Gasteiger partial charge in [0.1, 0.15) is 11.3 Å². The lowest BCUT2D eigenvalue weighted by Crippen LogP contribution is -2.39. The molecule has 19 heavy (non-hydrogen) atoms. The van der Waals surface area contributed by atoms with Crippen molar-refractivity contribution in [2.45, 2.75) is 25.3 Å². The molecule has 2 unspecified atom stereocenters. The van der Waals surface area contributed by atoms with Gasteiger partial charge in [0.15, 0.2) is 0 Å². The van der Waals surface area contributed by atoms with E-state index in [1.54, 1.807) is 18.2 Å². The van der Waals surface area contributed by atoms with Crippen LogP contribution < -0.4 is 15.8 Å². The van der Waals surface area contributed by atoms with E-state index in [0.29, 0.717) is 17.0 Å². The molecule has 104 valence electrons. The van der Waals surface area contributed by atoms with E-state index < -0.39 is 0 Å². The Hall–Kier alpha value is -1.75. The van der Waals surface area contributed by atoms with Gasteiger partial charge in [-0.3, -0.25) is 4.79 Å². The molecule has 1 aliphatic carbocycles. The Labute approximate surface area is 112 Å². The van der Waals surface area contributed by atoms with Crippen LogP contribution in [0, 0.1) is 5.92 Å². The van der Waals surface area contributed by atoms with Crippen molar-refractivity contribution in [3.05, 3.63) is 23.8 Å². The third-order valence-electron chi connectivity index (χ3n) is 3.72. The summed E-state index contributed by atoms with van der Waals surface area (Å²) in [5.41, 5.74) is 6.62. The van der Waals surface area contributed by atoms with E-state index >= 15 is 0 Å². The Bertz CT molecular complexity index is 462. The van der Waals surface area contributed by atoms with Crippen molar-refractivity contribution in [3.63, 3.8) is 0 Å². The van der Waals surface area contributed by atoms with Gasteiger partial charge in [-0.15, -0.1) is 0 Å². The molecule has 1 saturated carbocycles. The molecule has 1 fully saturated rings. The summed E-state index contributed by atoms with van der Waals surface area (Å²) in [6.45, 7) is 0.104. The van der Waals surface area contributed by atoms with Gasteiger partial charge in [-0.25, -0.2) is 0 Å². The zero-order valence-corrected chi connectivity index (χ0v) is 11.1. The van der Waals surface area contributed by atoms with Gasteiger partial charge in [-0.1, -0.05) is 12.5 Å². The highest BCUT2D eigenvalue weighted by molar-refractivity contribution is 6.02. The number of hydrogen-bond acceptors (Lipinski definition) is 4. The minimum atomic E-state index is -0.236. The molecule has 0 heterocycles. The topological polar surface area (TPSA) is 84.6 Å². The molecule has 0 saturated heterocycles. The van der Waals surface area contributed by atoms with Gasteiger partial charge < -0.3 is 20.9 Å². The number of nitrogens with one attached hydrogen (secondary N) is 1. The molecule has 4 N–H and O–H groups in total. The summed E-state index contributed by atoms with van der Waals surface area (Å²) in [6, 6.07) is 5.15. The van der Waals surface area contributed by atoms with Crippen LogP contribution in [0.3, 0.4) is 0 Å². The van der Waals surface area contributed by atoms with Crippen molar-refractivity contribution in [2.24, 2.45) is 5.92 Å². The number of hydrogen-bond donors (Lipinski definition) is 3. The summed E-state index contributed by atoms with van der Waals surface area (Å²) in [6.07, 6.45) is 2.87. The second kappa shape index (κ2) is 5.93. The Morgan fingerprint density at radius 2 is 2.32 bits per heavy atom. The number of anilines is 1. The number of benzene rings is 1. The zero-order chi connectivity index (χ0) is 13.8. The number of nitrogens with two attached hydrogens (primary N) is 1. The van der Waals surface area contributed by atoms with E-state index in [1.165, 1.54) is 7.11 Å². The highest BCUT2D eigenvalue weighted by Crippen LogP contribution is 2.28. The number of aliphatic hydroxyl groups is 1. The van der Waals surface area contributed by atoms with Crippen molar-refractivity contribution in [1.82, 2.24) is 5.32 Å². The van der Waals surface area contributed by atoms with Crippen LogP contribution >= 0.6 is 0 Å². The van der Waals surface area contributed by atoms with Crippen LogP contribution in [0.25, 0.3) is 0 Å². The van der Waals surface area contributed by atoms with Crippen LogP contribution in [0.4, 0.5) is 5.69 Å². The van der Waals surface area contributed by atoms with E-state index in [9.17, 15) is 9.90 Å². The first kappa shape index (κ1) is 13.7. The molecule has 0 bridgehead atoms. The predicted octanol–water partition coefficient (Wildman–Crippen LogP) is 1.17. The SMILES string of the molecule is COc1cccc(N)c1C(=O)NC1CCCC1CO. The van der Waals surface area contributed by atoms with Crippen LogP contribution in [0.15, 0.2) is 18.2 Å². The number of rotatable bonds is 4. The molecule has 0 aliphatic heterocycles. The summed E-state index contributed by atoms with van der Waals surface area (Å²) in [5, 5.41) is 12.2. The van der Waals surface area contributed by atoms with Crippen molar-refractivity contribution in [2.75, 3.05) is 19.5 Å². The lowest BCUT2D eigenvalue weighted by Gasteiger charge is -2.20. The summed E-state index contributed by atoms with van der Waals surface area (Å²) >= 11 is 0. The van der Waals surface area contributed by atoms with Gasteiger partial charge >= 0.3 is 0 Å². The fraction of sp³-hybridized carbons (Fsp3) is 0.500. The largest absolute Gasteiger partial charge is 0.496 e. The van der Waals surface area contributed by atoms with E-state index in [4.69, 9.17) is 10.5 Å². The molecule has 2 rings (SSSR count). The standard InChI is InChI=1S/C14H20N2O3/c1-19-12-7-3-5-10(15)13(12)14(18)16-11-6-2-4-9(11)8-17/h3,5,7,9,11,17H,2,4,6,8,15H2,1H3,(H,16,18). The van der Waals surface area contributed by atoms with Gasteiger partial charge in [0.05, 0.1) is 7.11 Å². The summed E-state index contributed by atoms with van der Waals surface area (Å²) in [7, 11) is 1.51. The molecule has 0 aromatic heterocycles. The van der Waals surface area contributed by atoms with Crippen molar-refractivity contribution in [3.8, 4) is 5.75 Å². The average molecular weight is 264 g/mol. The maximum absolute atomic E-state index is 12.3. The lowest BCUT2D eigenvalue weighted by molar-refractivity contribution is 0.0914. The van der Waals surface area contributed by atoms with Crippen molar-refractivity contribution in [1.29, 1.82) is 0 Å². The molecule has 5 nitrogen and oxygen atoms in total. The quantitative estimate of drug-likeness (QED) is 0.713. The van der Waals surface area contributed by atoms with Crippen molar-refractivity contribution < 1.29 is 14.6 Å². The minimum Gasteiger partial charge on any atom is -0.496 e. The van der Waals surface area contributed by atoms with Crippen LogP contribution in [0.2, 0.25) is 0 Å². The number of carbonyl (C=O) groups is 1.